The summed E-state index contributed by atoms with van der Waals surface area (Å²) in [6, 6.07) is 1.98. The number of nitrogens with zero attached hydrogens (tertiary/aromatic N) is 1. The third kappa shape index (κ3) is 5.12. The molecule has 0 bridgehead atoms. The van der Waals surface area contributed by atoms with Crippen molar-refractivity contribution >= 4 is 39.1 Å². The summed E-state index contributed by atoms with van der Waals surface area (Å²) in [7, 11) is 0. The van der Waals surface area contributed by atoms with Gasteiger partial charge in [-0.1, -0.05) is 47.4 Å². The maximum Gasteiger partial charge on any atom is 0.393 e. The Morgan fingerprint density at radius 1 is 1.14 bits per heavy atom. The minimum absolute atomic E-state index is 0.0303. The van der Waals surface area contributed by atoms with Crippen molar-refractivity contribution in [2.24, 2.45) is 0 Å². The fourth-order valence-corrected chi connectivity index (χ4v) is 4.41. The third-order valence-electron chi connectivity index (χ3n) is 4.82. The molecular formula is C21H23BrClF3N2O. The third-order valence-corrected chi connectivity index (χ3v) is 6.34. The molecule has 2 rings (SSSR count). The summed E-state index contributed by atoms with van der Waals surface area (Å²) in [4.78, 5) is 17.2. The average Bonchev–Trinajstić information content (AvgIpc) is 2.61. The predicted octanol–water partition coefficient (Wildman–Crippen LogP) is 6.90. The minimum Gasteiger partial charge on any atom is -0.321 e. The molecule has 0 aliphatic carbocycles. The van der Waals surface area contributed by atoms with Crippen LogP contribution in [0.4, 0.5) is 18.9 Å². The molecule has 29 heavy (non-hydrogen) atoms. The lowest BCUT2D eigenvalue weighted by Gasteiger charge is -2.20. The van der Waals surface area contributed by atoms with Crippen LogP contribution in [0.2, 0.25) is 5.02 Å². The maximum absolute atomic E-state index is 13.1. The van der Waals surface area contributed by atoms with Crippen LogP contribution in [0, 0.1) is 20.8 Å². The molecule has 0 saturated carbocycles. The number of nitrogens with one attached hydrogen (secondary N) is 1. The Kier molecular flexibility index (Phi) is 7.38. The van der Waals surface area contributed by atoms with Crippen LogP contribution in [0.1, 0.15) is 57.8 Å². The smallest absolute Gasteiger partial charge is 0.321 e. The van der Waals surface area contributed by atoms with Gasteiger partial charge in [0.25, 0.3) is 5.91 Å². The van der Waals surface area contributed by atoms with Crippen molar-refractivity contribution in [1.29, 1.82) is 0 Å². The SMILES string of the molecule is CCc1cc(C)c(Br)c(CC)c1NC(=O)c1c(C)nc(C)c(CC(F)(F)F)c1Cl. The number of alkyl halides is 3. The first-order valence-corrected chi connectivity index (χ1v) is 10.4. The largest absolute Gasteiger partial charge is 0.393 e. The van der Waals surface area contributed by atoms with Gasteiger partial charge in [0.1, 0.15) is 0 Å². The first-order chi connectivity index (χ1) is 13.4. The van der Waals surface area contributed by atoms with Gasteiger partial charge < -0.3 is 5.32 Å². The summed E-state index contributed by atoms with van der Waals surface area (Å²) >= 11 is 9.85. The number of amides is 1. The molecule has 3 nitrogen and oxygen atoms in total. The van der Waals surface area contributed by atoms with Crippen LogP contribution in [0.15, 0.2) is 10.5 Å². The second-order valence-corrected chi connectivity index (χ2v) is 8.09. The van der Waals surface area contributed by atoms with E-state index in [4.69, 9.17) is 11.6 Å². The fourth-order valence-electron chi connectivity index (χ4n) is 3.39. The molecule has 158 valence electrons. The first kappa shape index (κ1) is 23.7. The molecule has 0 aliphatic rings. The molecule has 1 heterocycles. The number of carbonyl (C=O) groups is 1. The van der Waals surface area contributed by atoms with Crippen LogP contribution in [-0.4, -0.2) is 17.1 Å². The fraction of sp³-hybridized carbons (Fsp3) is 0.429. The number of hydrogen-bond donors (Lipinski definition) is 1. The van der Waals surface area contributed by atoms with Gasteiger partial charge in [-0.05, 0) is 50.3 Å². The molecule has 0 fully saturated rings. The topological polar surface area (TPSA) is 42.0 Å². The van der Waals surface area contributed by atoms with Gasteiger partial charge in [-0.2, -0.15) is 13.2 Å². The monoisotopic (exact) mass is 490 g/mol. The molecule has 0 atom stereocenters. The van der Waals surface area contributed by atoms with Gasteiger partial charge in [0.15, 0.2) is 0 Å². The summed E-state index contributed by atoms with van der Waals surface area (Å²) in [6.07, 6.45) is -4.33. The highest BCUT2D eigenvalue weighted by molar-refractivity contribution is 9.10. The van der Waals surface area contributed by atoms with Crippen molar-refractivity contribution in [3.63, 3.8) is 0 Å². The average molecular weight is 492 g/mol. The lowest BCUT2D eigenvalue weighted by Crippen LogP contribution is -2.21. The summed E-state index contributed by atoms with van der Waals surface area (Å²) in [6.45, 7) is 8.95. The lowest BCUT2D eigenvalue weighted by molar-refractivity contribution is -0.127. The molecule has 8 heteroatoms. The van der Waals surface area contributed by atoms with Crippen molar-refractivity contribution in [1.82, 2.24) is 4.98 Å². The Balaban J connectivity index is 2.58. The number of halogens is 5. The van der Waals surface area contributed by atoms with Gasteiger partial charge in [0.2, 0.25) is 0 Å². The Hall–Kier alpha value is -1.60. The summed E-state index contributed by atoms with van der Waals surface area (Å²) in [5, 5.41) is 2.68. The Morgan fingerprint density at radius 3 is 2.28 bits per heavy atom. The number of carbonyl (C=O) groups excluding carboxylic acids is 1. The van der Waals surface area contributed by atoms with E-state index in [1.54, 1.807) is 6.92 Å². The number of hydrogen-bond acceptors (Lipinski definition) is 2. The second-order valence-electron chi connectivity index (χ2n) is 6.92. The van der Waals surface area contributed by atoms with Gasteiger partial charge in [-0.15, -0.1) is 0 Å². The van der Waals surface area contributed by atoms with E-state index in [0.29, 0.717) is 18.5 Å². The van der Waals surface area contributed by atoms with Gasteiger partial charge in [-0.3, -0.25) is 9.78 Å². The number of aromatic nitrogens is 1. The highest BCUT2D eigenvalue weighted by Crippen LogP contribution is 2.35. The van der Waals surface area contributed by atoms with E-state index >= 15 is 0 Å². The van der Waals surface area contributed by atoms with Crippen LogP contribution in [0.5, 0.6) is 0 Å². The Morgan fingerprint density at radius 2 is 1.76 bits per heavy atom. The van der Waals surface area contributed by atoms with E-state index in [9.17, 15) is 18.0 Å². The van der Waals surface area contributed by atoms with E-state index in [1.807, 2.05) is 26.8 Å². The number of pyridine rings is 1. The molecule has 0 spiro atoms. The molecule has 2 aromatic rings. The van der Waals surface area contributed by atoms with Crippen molar-refractivity contribution < 1.29 is 18.0 Å². The number of benzene rings is 1. The molecule has 0 aliphatic heterocycles. The zero-order chi connectivity index (χ0) is 22.1. The molecule has 1 amide bonds. The van der Waals surface area contributed by atoms with E-state index in [2.05, 4.69) is 26.2 Å². The lowest BCUT2D eigenvalue weighted by atomic mass is 9.98. The zero-order valence-corrected chi connectivity index (χ0v) is 19.3. The zero-order valence-electron chi connectivity index (χ0n) is 16.9. The standard InChI is InChI=1S/C21H23BrClF3N2O/c1-6-13-8-10(3)17(22)14(7-2)19(13)28-20(29)16-12(5)27-11(4)15(18(16)23)9-21(24,25)26/h8H,6-7,9H2,1-5H3,(H,28,29). The van der Waals surface area contributed by atoms with Gasteiger partial charge in [0.05, 0.1) is 22.7 Å². The summed E-state index contributed by atoms with van der Waals surface area (Å²) in [5.41, 5.74) is 3.84. The van der Waals surface area contributed by atoms with Crippen LogP contribution in [0.25, 0.3) is 0 Å². The van der Waals surface area contributed by atoms with Crippen molar-refractivity contribution in [3.8, 4) is 0 Å². The normalized spacial score (nSPS) is 11.7. The second kappa shape index (κ2) is 9.04. The minimum atomic E-state index is -4.45. The quantitative estimate of drug-likeness (QED) is 0.494. The highest BCUT2D eigenvalue weighted by atomic mass is 79.9. The van der Waals surface area contributed by atoms with Gasteiger partial charge in [0, 0.05) is 21.4 Å². The molecule has 1 aromatic heterocycles. The van der Waals surface area contributed by atoms with Crippen LogP contribution in [0.3, 0.4) is 0 Å². The van der Waals surface area contributed by atoms with E-state index in [1.165, 1.54) is 6.92 Å². The van der Waals surface area contributed by atoms with Gasteiger partial charge >= 0.3 is 6.18 Å². The van der Waals surface area contributed by atoms with E-state index < -0.39 is 18.5 Å². The predicted molar refractivity (Wildman–Crippen MR) is 114 cm³/mol. The van der Waals surface area contributed by atoms with E-state index in [-0.39, 0.29) is 27.5 Å². The van der Waals surface area contributed by atoms with Crippen LogP contribution in [-0.2, 0) is 19.3 Å². The molecule has 0 radical (unpaired) electrons. The van der Waals surface area contributed by atoms with Crippen molar-refractivity contribution in [2.45, 2.75) is 60.1 Å². The number of aryl methyl sites for hydroxylation is 4. The van der Waals surface area contributed by atoms with Crippen LogP contribution >= 0.6 is 27.5 Å². The Labute approximate surface area is 182 Å². The van der Waals surface area contributed by atoms with Crippen molar-refractivity contribution in [2.75, 3.05) is 5.32 Å². The Bertz CT molecular complexity index is 958. The molecule has 1 N–H and O–H groups in total. The molecule has 0 saturated heterocycles. The molecule has 0 unspecified atom stereocenters. The molecule has 1 aromatic carbocycles. The molecular weight excluding hydrogens is 469 g/mol. The van der Waals surface area contributed by atoms with E-state index in [0.717, 1.165) is 21.2 Å². The van der Waals surface area contributed by atoms with Gasteiger partial charge in [-0.25, -0.2) is 0 Å². The maximum atomic E-state index is 13.1. The van der Waals surface area contributed by atoms with Crippen LogP contribution < -0.4 is 5.32 Å². The first-order valence-electron chi connectivity index (χ1n) is 9.25. The summed E-state index contributed by atoms with van der Waals surface area (Å²) < 4.78 is 39.8. The van der Waals surface area contributed by atoms with Crippen molar-refractivity contribution in [3.05, 3.63) is 54.8 Å². The number of anilines is 1. The number of rotatable bonds is 5. The highest BCUT2D eigenvalue weighted by Gasteiger charge is 2.32. The summed E-state index contributed by atoms with van der Waals surface area (Å²) in [5.74, 6) is -0.566.